The Morgan fingerprint density at radius 1 is 1.19 bits per heavy atom. The van der Waals surface area contributed by atoms with Crippen molar-refractivity contribution < 1.29 is 9.21 Å². The molecule has 4 heteroatoms. The Balaban J connectivity index is 2.12. The second-order valence-electron chi connectivity index (χ2n) is 3.26. The minimum absolute atomic E-state index is 0.252. The fourth-order valence-corrected chi connectivity index (χ4v) is 1.35. The molecule has 0 unspecified atom stereocenters. The van der Waals surface area contributed by atoms with Gasteiger partial charge in [-0.3, -0.25) is 4.79 Å². The Morgan fingerprint density at radius 2 is 2.00 bits per heavy atom. The molecule has 82 valence electrons. The van der Waals surface area contributed by atoms with E-state index in [-0.39, 0.29) is 5.91 Å². The number of amides is 1. The van der Waals surface area contributed by atoms with Crippen molar-refractivity contribution in [3.05, 3.63) is 48.4 Å². The molecule has 0 spiro atoms. The fraction of sp³-hybridized carbons (Fsp3) is 0.0833. The first-order chi connectivity index (χ1) is 7.79. The van der Waals surface area contributed by atoms with Crippen molar-refractivity contribution in [3.8, 4) is 0 Å². The maximum Gasteiger partial charge on any atom is 0.291 e. The minimum atomic E-state index is -0.252. The van der Waals surface area contributed by atoms with Gasteiger partial charge in [0.2, 0.25) is 0 Å². The zero-order valence-corrected chi connectivity index (χ0v) is 8.86. The molecule has 0 saturated heterocycles. The van der Waals surface area contributed by atoms with Crippen molar-refractivity contribution in [3.63, 3.8) is 0 Å². The molecule has 1 aromatic carbocycles. The van der Waals surface area contributed by atoms with E-state index in [4.69, 9.17) is 4.42 Å². The molecule has 0 atom stereocenters. The molecule has 0 aliphatic heterocycles. The molecular formula is C12H12N2O2. The first-order valence-corrected chi connectivity index (χ1v) is 4.92. The highest BCUT2D eigenvalue weighted by molar-refractivity contribution is 6.02. The van der Waals surface area contributed by atoms with E-state index in [1.165, 1.54) is 6.26 Å². The summed E-state index contributed by atoms with van der Waals surface area (Å²) >= 11 is 0. The molecule has 0 radical (unpaired) electrons. The molecule has 2 aromatic rings. The van der Waals surface area contributed by atoms with Gasteiger partial charge in [-0.2, -0.15) is 0 Å². The third kappa shape index (κ3) is 2.23. The first kappa shape index (κ1) is 10.3. The Kier molecular flexibility index (Phi) is 2.91. The minimum Gasteiger partial charge on any atom is -0.459 e. The molecule has 2 rings (SSSR count). The maximum absolute atomic E-state index is 11.6. The van der Waals surface area contributed by atoms with Gasteiger partial charge in [0.1, 0.15) is 0 Å². The van der Waals surface area contributed by atoms with E-state index in [0.717, 1.165) is 11.4 Å². The van der Waals surface area contributed by atoms with Gasteiger partial charge in [0, 0.05) is 18.4 Å². The predicted octanol–water partition coefficient (Wildman–Crippen LogP) is 2.57. The molecule has 0 fully saturated rings. The summed E-state index contributed by atoms with van der Waals surface area (Å²) in [6.45, 7) is 0. The van der Waals surface area contributed by atoms with Gasteiger partial charge in [-0.1, -0.05) is 6.07 Å². The van der Waals surface area contributed by atoms with Crippen LogP contribution in [-0.4, -0.2) is 13.0 Å². The summed E-state index contributed by atoms with van der Waals surface area (Å²) in [5.41, 5.74) is 1.67. The van der Waals surface area contributed by atoms with Crippen molar-refractivity contribution in [2.24, 2.45) is 0 Å². The number of nitrogens with one attached hydrogen (secondary N) is 2. The van der Waals surface area contributed by atoms with Crippen LogP contribution in [0.5, 0.6) is 0 Å². The third-order valence-electron chi connectivity index (χ3n) is 2.15. The number of anilines is 2. The van der Waals surface area contributed by atoms with E-state index in [0.29, 0.717) is 5.76 Å². The summed E-state index contributed by atoms with van der Waals surface area (Å²) in [5, 5.41) is 5.75. The zero-order valence-electron chi connectivity index (χ0n) is 8.86. The standard InChI is InChI=1S/C12H12N2O2/c1-13-9-4-2-5-10(8-9)14-12(15)11-6-3-7-16-11/h2-8,13H,1H3,(H,14,15). The molecule has 1 heterocycles. The Morgan fingerprint density at radius 3 is 2.69 bits per heavy atom. The molecule has 2 N–H and O–H groups in total. The molecule has 16 heavy (non-hydrogen) atoms. The number of carbonyl (C=O) groups is 1. The molecule has 1 amide bonds. The van der Waals surface area contributed by atoms with Gasteiger partial charge in [0.05, 0.1) is 6.26 Å². The number of hydrogen-bond acceptors (Lipinski definition) is 3. The van der Waals surface area contributed by atoms with Gasteiger partial charge in [-0.15, -0.1) is 0 Å². The van der Waals surface area contributed by atoms with E-state index in [2.05, 4.69) is 10.6 Å². The van der Waals surface area contributed by atoms with E-state index < -0.39 is 0 Å². The van der Waals surface area contributed by atoms with Crippen molar-refractivity contribution in [2.75, 3.05) is 17.7 Å². The largest absolute Gasteiger partial charge is 0.459 e. The average molecular weight is 216 g/mol. The van der Waals surface area contributed by atoms with Crippen LogP contribution in [0, 0.1) is 0 Å². The van der Waals surface area contributed by atoms with Crippen LogP contribution in [0.1, 0.15) is 10.6 Å². The van der Waals surface area contributed by atoms with Crippen LogP contribution in [0.3, 0.4) is 0 Å². The highest BCUT2D eigenvalue weighted by Gasteiger charge is 2.08. The molecular weight excluding hydrogens is 204 g/mol. The highest BCUT2D eigenvalue weighted by atomic mass is 16.3. The van der Waals surface area contributed by atoms with E-state index in [1.54, 1.807) is 12.1 Å². The summed E-state index contributed by atoms with van der Waals surface area (Å²) in [5.74, 6) is 0.0492. The predicted molar refractivity (Wildman–Crippen MR) is 62.6 cm³/mol. The number of rotatable bonds is 3. The van der Waals surface area contributed by atoms with Gasteiger partial charge >= 0.3 is 0 Å². The summed E-state index contributed by atoms with van der Waals surface area (Å²) in [6, 6.07) is 10.8. The highest BCUT2D eigenvalue weighted by Crippen LogP contribution is 2.15. The zero-order chi connectivity index (χ0) is 11.4. The fourth-order valence-electron chi connectivity index (χ4n) is 1.35. The number of carbonyl (C=O) groups excluding carboxylic acids is 1. The lowest BCUT2D eigenvalue weighted by atomic mass is 10.2. The molecule has 1 aromatic heterocycles. The smallest absolute Gasteiger partial charge is 0.291 e. The van der Waals surface area contributed by atoms with E-state index in [9.17, 15) is 4.79 Å². The lowest BCUT2D eigenvalue weighted by molar-refractivity contribution is 0.0996. The van der Waals surface area contributed by atoms with Crippen LogP contribution in [0.2, 0.25) is 0 Å². The number of hydrogen-bond donors (Lipinski definition) is 2. The topological polar surface area (TPSA) is 54.3 Å². The van der Waals surface area contributed by atoms with Crippen molar-refractivity contribution >= 4 is 17.3 Å². The van der Waals surface area contributed by atoms with Crippen LogP contribution in [-0.2, 0) is 0 Å². The van der Waals surface area contributed by atoms with Gasteiger partial charge in [-0.25, -0.2) is 0 Å². The molecule has 4 nitrogen and oxygen atoms in total. The van der Waals surface area contributed by atoms with Gasteiger partial charge < -0.3 is 15.1 Å². The maximum atomic E-state index is 11.6. The van der Waals surface area contributed by atoms with Crippen LogP contribution < -0.4 is 10.6 Å². The van der Waals surface area contributed by atoms with E-state index in [1.807, 2.05) is 31.3 Å². The second kappa shape index (κ2) is 4.53. The monoisotopic (exact) mass is 216 g/mol. The van der Waals surface area contributed by atoms with Crippen LogP contribution in [0.15, 0.2) is 47.1 Å². The Hall–Kier alpha value is -2.23. The summed E-state index contributed by atoms with van der Waals surface area (Å²) in [4.78, 5) is 11.6. The Labute approximate surface area is 93.3 Å². The SMILES string of the molecule is CNc1cccc(NC(=O)c2ccco2)c1. The van der Waals surface area contributed by atoms with Crippen LogP contribution in [0.4, 0.5) is 11.4 Å². The second-order valence-corrected chi connectivity index (χ2v) is 3.26. The molecule has 0 aliphatic carbocycles. The lowest BCUT2D eigenvalue weighted by Crippen LogP contribution is -2.10. The van der Waals surface area contributed by atoms with Gasteiger partial charge in [0.25, 0.3) is 5.91 Å². The first-order valence-electron chi connectivity index (χ1n) is 4.92. The molecule has 0 saturated carbocycles. The van der Waals surface area contributed by atoms with Crippen molar-refractivity contribution in [2.45, 2.75) is 0 Å². The van der Waals surface area contributed by atoms with Gasteiger partial charge in [0.15, 0.2) is 5.76 Å². The van der Waals surface area contributed by atoms with Gasteiger partial charge in [-0.05, 0) is 30.3 Å². The number of furan rings is 1. The molecule has 0 bridgehead atoms. The summed E-state index contributed by atoms with van der Waals surface area (Å²) < 4.78 is 5.00. The summed E-state index contributed by atoms with van der Waals surface area (Å²) in [7, 11) is 1.83. The number of benzene rings is 1. The normalized spacial score (nSPS) is 9.81. The summed E-state index contributed by atoms with van der Waals surface area (Å²) in [6.07, 6.45) is 1.47. The quantitative estimate of drug-likeness (QED) is 0.829. The van der Waals surface area contributed by atoms with Crippen LogP contribution in [0.25, 0.3) is 0 Å². The van der Waals surface area contributed by atoms with Crippen molar-refractivity contribution in [1.82, 2.24) is 0 Å². The third-order valence-corrected chi connectivity index (χ3v) is 2.15. The van der Waals surface area contributed by atoms with Crippen molar-refractivity contribution in [1.29, 1.82) is 0 Å². The Bertz CT molecular complexity index is 478. The molecule has 0 aliphatic rings. The van der Waals surface area contributed by atoms with Crippen LogP contribution >= 0.6 is 0 Å². The lowest BCUT2D eigenvalue weighted by Gasteiger charge is -2.05. The van der Waals surface area contributed by atoms with E-state index >= 15 is 0 Å². The average Bonchev–Trinajstić information content (AvgIpc) is 2.83.